The molecule has 3 N–H and O–H groups in total. The van der Waals surface area contributed by atoms with Crippen LogP contribution >= 0.6 is 0 Å². The van der Waals surface area contributed by atoms with Gasteiger partial charge in [-0.1, -0.05) is 50.6 Å². The molecule has 0 atom stereocenters. The predicted octanol–water partition coefficient (Wildman–Crippen LogP) is 1.63. The van der Waals surface area contributed by atoms with E-state index >= 15 is 0 Å². The summed E-state index contributed by atoms with van der Waals surface area (Å²) in [6.45, 7) is 11.7. The van der Waals surface area contributed by atoms with Crippen molar-refractivity contribution in [3.8, 4) is 0 Å². The van der Waals surface area contributed by atoms with Gasteiger partial charge in [0.2, 0.25) is 0 Å². The van der Waals surface area contributed by atoms with Crippen molar-refractivity contribution >= 4 is 18.9 Å². The van der Waals surface area contributed by atoms with Crippen LogP contribution in [0.4, 0.5) is 0 Å². The van der Waals surface area contributed by atoms with Gasteiger partial charge in [-0.2, -0.15) is 0 Å². The Morgan fingerprint density at radius 1 is 1.14 bits per heavy atom. The SMILES string of the molecule is C=NC(/C=c1\[nH]c(=O)/c(=C/C2=CC=CC=C(C)C2)[nH]c1=O)=C(\NC)C(C)(C)C. The van der Waals surface area contributed by atoms with Crippen LogP contribution in [0.15, 0.2) is 61.4 Å². The third kappa shape index (κ3) is 5.19. The number of aromatic nitrogens is 2. The van der Waals surface area contributed by atoms with Gasteiger partial charge in [0.1, 0.15) is 10.7 Å². The number of H-pyrrole nitrogens is 2. The van der Waals surface area contributed by atoms with E-state index in [9.17, 15) is 9.59 Å². The summed E-state index contributed by atoms with van der Waals surface area (Å²) < 4.78 is 0. The van der Waals surface area contributed by atoms with E-state index in [1.807, 2.05) is 52.0 Å². The standard InChI is InChI=1S/C22H28N4O2/c1-14-9-7-8-10-15(11-14)12-17-20(27)26-18(21(28)25-17)13-16(23-5)19(24-6)22(2,3)4/h7-10,12-13,24H,5,11H2,1-4,6H3,(H,25,28)(H,26,27)/b17-12-,18-13-,19-16-. The number of nitrogens with one attached hydrogen (secondary N) is 3. The molecule has 0 amide bonds. The molecule has 1 aromatic heterocycles. The monoisotopic (exact) mass is 380 g/mol. The first-order valence-corrected chi connectivity index (χ1v) is 9.14. The van der Waals surface area contributed by atoms with E-state index in [0.717, 1.165) is 11.3 Å². The lowest BCUT2D eigenvalue weighted by Crippen LogP contribution is -2.47. The van der Waals surface area contributed by atoms with Crippen molar-refractivity contribution in [3.63, 3.8) is 0 Å². The Kier molecular flexibility index (Phi) is 6.57. The highest BCUT2D eigenvalue weighted by molar-refractivity contribution is 5.52. The molecule has 1 aromatic rings. The molecule has 0 unspecified atom stereocenters. The fraction of sp³-hybridized carbons (Fsp3) is 0.318. The minimum Gasteiger partial charge on any atom is -0.389 e. The van der Waals surface area contributed by atoms with E-state index in [-0.39, 0.29) is 21.7 Å². The minimum absolute atomic E-state index is 0.132. The lowest BCUT2D eigenvalue weighted by molar-refractivity contribution is 0.469. The summed E-state index contributed by atoms with van der Waals surface area (Å²) in [5, 5.41) is 3.46. The molecule has 0 spiro atoms. The van der Waals surface area contributed by atoms with E-state index < -0.39 is 5.56 Å². The first-order chi connectivity index (χ1) is 13.2. The Morgan fingerprint density at radius 2 is 1.75 bits per heavy atom. The van der Waals surface area contributed by atoms with Gasteiger partial charge in [0.05, 0.1) is 5.70 Å². The van der Waals surface area contributed by atoms with Gasteiger partial charge in [-0.05, 0) is 37.8 Å². The average Bonchev–Trinajstić information content (AvgIpc) is 2.81. The molecule has 1 heterocycles. The van der Waals surface area contributed by atoms with Gasteiger partial charge in [0, 0.05) is 18.2 Å². The van der Waals surface area contributed by atoms with Gasteiger partial charge in [-0.25, -0.2) is 0 Å². The van der Waals surface area contributed by atoms with Crippen molar-refractivity contribution in [2.75, 3.05) is 7.05 Å². The van der Waals surface area contributed by atoms with Gasteiger partial charge < -0.3 is 15.3 Å². The molecule has 0 aliphatic heterocycles. The summed E-state index contributed by atoms with van der Waals surface area (Å²) in [4.78, 5) is 34.4. The summed E-state index contributed by atoms with van der Waals surface area (Å²) in [5.41, 5.74) is 2.45. The van der Waals surface area contributed by atoms with Gasteiger partial charge in [-0.3, -0.25) is 14.6 Å². The first kappa shape index (κ1) is 21.2. The van der Waals surface area contributed by atoms with Crippen molar-refractivity contribution in [3.05, 3.63) is 78.3 Å². The minimum atomic E-state index is -0.395. The van der Waals surface area contributed by atoms with Crippen LogP contribution in [0.5, 0.6) is 0 Å². The lowest BCUT2D eigenvalue weighted by atomic mass is 9.90. The molecular formula is C22H28N4O2. The molecule has 0 saturated carbocycles. The topological polar surface area (TPSA) is 90.1 Å². The van der Waals surface area contributed by atoms with E-state index in [1.54, 1.807) is 13.1 Å². The van der Waals surface area contributed by atoms with Crippen LogP contribution in [0.3, 0.4) is 0 Å². The van der Waals surface area contributed by atoms with Crippen molar-refractivity contribution in [2.24, 2.45) is 10.4 Å². The second-order valence-electron chi connectivity index (χ2n) is 7.76. The van der Waals surface area contributed by atoms with Crippen LogP contribution in [0.1, 0.15) is 34.1 Å². The number of allylic oxidation sites excluding steroid dienone is 8. The maximum atomic E-state index is 12.6. The van der Waals surface area contributed by atoms with Crippen LogP contribution in [0.25, 0.3) is 12.2 Å². The van der Waals surface area contributed by atoms with E-state index in [4.69, 9.17) is 0 Å². The number of hydrogen-bond donors (Lipinski definition) is 3. The van der Waals surface area contributed by atoms with E-state index in [0.29, 0.717) is 12.1 Å². The fourth-order valence-corrected chi connectivity index (χ4v) is 3.04. The predicted molar refractivity (Wildman–Crippen MR) is 117 cm³/mol. The third-order valence-corrected chi connectivity index (χ3v) is 4.31. The Balaban J connectivity index is 2.63. The molecule has 0 saturated heterocycles. The first-order valence-electron chi connectivity index (χ1n) is 9.14. The highest BCUT2D eigenvalue weighted by Crippen LogP contribution is 2.26. The largest absolute Gasteiger partial charge is 0.389 e. The van der Waals surface area contributed by atoms with Crippen molar-refractivity contribution in [1.82, 2.24) is 15.3 Å². The smallest absolute Gasteiger partial charge is 0.272 e. The second kappa shape index (κ2) is 8.69. The number of hydrogen-bond acceptors (Lipinski definition) is 4. The number of aromatic amines is 2. The molecule has 0 bridgehead atoms. The highest BCUT2D eigenvalue weighted by Gasteiger charge is 2.19. The van der Waals surface area contributed by atoms with Gasteiger partial charge >= 0.3 is 0 Å². The summed E-state index contributed by atoms with van der Waals surface area (Å²) in [6.07, 6.45) is 11.8. The zero-order chi connectivity index (χ0) is 20.9. The average molecular weight is 380 g/mol. The molecule has 148 valence electrons. The van der Waals surface area contributed by atoms with Crippen molar-refractivity contribution in [1.29, 1.82) is 0 Å². The highest BCUT2D eigenvalue weighted by atomic mass is 16.1. The Morgan fingerprint density at radius 3 is 2.36 bits per heavy atom. The summed E-state index contributed by atoms with van der Waals surface area (Å²) in [7, 11) is 1.79. The molecule has 0 radical (unpaired) electrons. The zero-order valence-electron chi connectivity index (χ0n) is 17.1. The Labute approximate surface area is 164 Å². The number of aliphatic imine (C=N–C) groups is 1. The molecule has 0 fully saturated rings. The van der Waals surface area contributed by atoms with Crippen LogP contribution < -0.4 is 27.1 Å². The lowest BCUT2D eigenvalue weighted by Gasteiger charge is -2.24. The van der Waals surface area contributed by atoms with Crippen molar-refractivity contribution < 1.29 is 0 Å². The molecule has 1 aliphatic rings. The molecular weight excluding hydrogens is 352 g/mol. The zero-order valence-corrected chi connectivity index (χ0v) is 17.1. The van der Waals surface area contributed by atoms with Crippen LogP contribution in [-0.4, -0.2) is 23.7 Å². The normalized spacial score (nSPS) is 16.9. The molecule has 2 rings (SSSR count). The number of rotatable bonds is 4. The maximum Gasteiger partial charge on any atom is 0.272 e. The summed E-state index contributed by atoms with van der Waals surface area (Å²) in [6, 6.07) is 0. The molecule has 6 heteroatoms. The van der Waals surface area contributed by atoms with E-state index in [2.05, 4.69) is 27.0 Å². The quantitative estimate of drug-likeness (QED) is 0.694. The summed E-state index contributed by atoms with van der Waals surface area (Å²) >= 11 is 0. The number of nitrogens with zero attached hydrogens (tertiary/aromatic N) is 1. The van der Waals surface area contributed by atoms with Crippen LogP contribution in [0, 0.1) is 5.41 Å². The Hall–Kier alpha value is -3.15. The molecule has 1 aliphatic carbocycles. The van der Waals surface area contributed by atoms with Crippen LogP contribution in [0.2, 0.25) is 0 Å². The third-order valence-electron chi connectivity index (χ3n) is 4.31. The Bertz CT molecular complexity index is 1120. The molecule has 28 heavy (non-hydrogen) atoms. The van der Waals surface area contributed by atoms with Crippen LogP contribution in [-0.2, 0) is 0 Å². The molecule has 6 nitrogen and oxygen atoms in total. The molecule has 0 aromatic carbocycles. The second-order valence-corrected chi connectivity index (χ2v) is 7.76. The van der Waals surface area contributed by atoms with Gasteiger partial charge in [-0.15, -0.1) is 0 Å². The van der Waals surface area contributed by atoms with Crippen molar-refractivity contribution in [2.45, 2.75) is 34.1 Å². The van der Waals surface area contributed by atoms with Gasteiger partial charge in [0.15, 0.2) is 0 Å². The maximum absolute atomic E-state index is 12.6. The fourth-order valence-electron chi connectivity index (χ4n) is 3.04. The summed E-state index contributed by atoms with van der Waals surface area (Å²) in [5.74, 6) is 0. The van der Waals surface area contributed by atoms with E-state index in [1.165, 1.54) is 11.6 Å². The van der Waals surface area contributed by atoms with Gasteiger partial charge in [0.25, 0.3) is 11.1 Å².